The molecule has 12 nitrogen and oxygen atoms in total. The van der Waals surface area contributed by atoms with Gasteiger partial charge in [-0.15, -0.1) is 0 Å². The Kier molecular flexibility index (Phi) is 13.8. The van der Waals surface area contributed by atoms with Gasteiger partial charge in [0.05, 0.1) is 13.1 Å². The van der Waals surface area contributed by atoms with Crippen LogP contribution in [0.1, 0.15) is 33.1 Å². The fraction of sp³-hybridized carbons (Fsp3) is 0.722. The van der Waals surface area contributed by atoms with E-state index >= 15 is 0 Å². The van der Waals surface area contributed by atoms with Gasteiger partial charge in [-0.2, -0.15) is 0 Å². The molecular weight excluding hydrogens is 394 g/mol. The van der Waals surface area contributed by atoms with Crippen molar-refractivity contribution < 1.29 is 24.0 Å². The standard InChI is InChI=1S/C18H35N7O5/c1-13(26)24(9-7-20)11-16(28)22-8-10-25(14(2)27)12-17(29)23-15(18(21)30)5-3-4-6-19/h15H,3-12,19-20H2,1-2H3,(H2,21,30)(H,22,28)(H,23,29). The van der Waals surface area contributed by atoms with Gasteiger partial charge < -0.3 is 37.6 Å². The molecule has 0 aliphatic rings. The number of nitrogens with two attached hydrogens (primary N) is 3. The number of hydrogen-bond acceptors (Lipinski definition) is 7. The van der Waals surface area contributed by atoms with Crippen molar-refractivity contribution in [3.8, 4) is 0 Å². The first-order chi connectivity index (χ1) is 14.1. The summed E-state index contributed by atoms with van der Waals surface area (Å²) in [5.74, 6) is -2.23. The second-order valence-electron chi connectivity index (χ2n) is 6.83. The zero-order chi connectivity index (χ0) is 23.1. The van der Waals surface area contributed by atoms with Gasteiger partial charge in [-0.3, -0.25) is 24.0 Å². The second kappa shape index (κ2) is 15.2. The number of nitrogens with zero attached hydrogens (tertiary/aromatic N) is 2. The molecule has 172 valence electrons. The average Bonchev–Trinajstić information content (AvgIpc) is 2.65. The first kappa shape index (κ1) is 27.3. The third-order valence-electron chi connectivity index (χ3n) is 4.29. The zero-order valence-electron chi connectivity index (χ0n) is 17.8. The molecule has 0 spiro atoms. The number of amides is 5. The summed E-state index contributed by atoms with van der Waals surface area (Å²) in [4.78, 5) is 61.4. The van der Waals surface area contributed by atoms with E-state index < -0.39 is 23.8 Å². The van der Waals surface area contributed by atoms with E-state index in [4.69, 9.17) is 17.2 Å². The van der Waals surface area contributed by atoms with Crippen LogP contribution >= 0.6 is 0 Å². The van der Waals surface area contributed by atoms with Crippen LogP contribution in [0.2, 0.25) is 0 Å². The van der Waals surface area contributed by atoms with Gasteiger partial charge in [0, 0.05) is 40.0 Å². The lowest BCUT2D eigenvalue weighted by molar-refractivity contribution is -0.136. The van der Waals surface area contributed by atoms with Crippen molar-refractivity contribution in [2.24, 2.45) is 17.2 Å². The molecular formula is C18H35N7O5. The lowest BCUT2D eigenvalue weighted by atomic mass is 10.1. The Morgan fingerprint density at radius 2 is 1.40 bits per heavy atom. The zero-order valence-corrected chi connectivity index (χ0v) is 17.8. The molecule has 30 heavy (non-hydrogen) atoms. The summed E-state index contributed by atoms with van der Waals surface area (Å²) in [6, 6.07) is -0.835. The number of unbranched alkanes of at least 4 members (excludes halogenated alkanes) is 1. The number of nitrogens with one attached hydrogen (secondary N) is 2. The van der Waals surface area contributed by atoms with Crippen LogP contribution < -0.4 is 27.8 Å². The maximum absolute atomic E-state index is 12.2. The summed E-state index contributed by atoms with van der Waals surface area (Å²) >= 11 is 0. The van der Waals surface area contributed by atoms with Gasteiger partial charge >= 0.3 is 0 Å². The molecule has 0 saturated carbocycles. The van der Waals surface area contributed by atoms with Gasteiger partial charge in [0.2, 0.25) is 29.5 Å². The number of carbonyl (C=O) groups excluding carboxylic acids is 5. The summed E-state index contributed by atoms with van der Waals surface area (Å²) < 4.78 is 0. The molecule has 0 rings (SSSR count). The van der Waals surface area contributed by atoms with Crippen molar-refractivity contribution in [2.75, 3.05) is 45.8 Å². The fourth-order valence-corrected chi connectivity index (χ4v) is 2.60. The van der Waals surface area contributed by atoms with Crippen molar-refractivity contribution in [1.29, 1.82) is 0 Å². The van der Waals surface area contributed by atoms with Crippen molar-refractivity contribution in [2.45, 2.75) is 39.2 Å². The number of primary amides is 1. The van der Waals surface area contributed by atoms with Crippen LogP contribution in [0.5, 0.6) is 0 Å². The number of hydrogen-bond donors (Lipinski definition) is 5. The molecule has 0 aromatic heterocycles. The van der Waals surface area contributed by atoms with E-state index in [1.54, 1.807) is 0 Å². The molecule has 1 atom stereocenters. The maximum atomic E-state index is 12.2. The Hall–Kier alpha value is -2.73. The van der Waals surface area contributed by atoms with E-state index in [-0.39, 0.29) is 51.1 Å². The summed E-state index contributed by atoms with van der Waals surface area (Å²) in [6.07, 6.45) is 1.70. The molecule has 0 aromatic carbocycles. The predicted octanol–water partition coefficient (Wildman–Crippen LogP) is -3.14. The Morgan fingerprint density at radius 3 is 1.90 bits per heavy atom. The Morgan fingerprint density at radius 1 is 0.833 bits per heavy atom. The highest BCUT2D eigenvalue weighted by Gasteiger charge is 2.20. The Bertz CT molecular complexity index is 599. The van der Waals surface area contributed by atoms with Crippen molar-refractivity contribution in [3.05, 3.63) is 0 Å². The molecule has 12 heteroatoms. The Labute approximate surface area is 176 Å². The van der Waals surface area contributed by atoms with Crippen LogP contribution in [0, 0.1) is 0 Å². The van der Waals surface area contributed by atoms with Crippen LogP contribution in [0.4, 0.5) is 0 Å². The smallest absolute Gasteiger partial charge is 0.240 e. The first-order valence-electron chi connectivity index (χ1n) is 9.88. The van der Waals surface area contributed by atoms with Gasteiger partial charge in [0.1, 0.15) is 6.04 Å². The summed E-state index contributed by atoms with van der Waals surface area (Å²) in [5, 5.41) is 5.11. The molecule has 0 aromatic rings. The lowest BCUT2D eigenvalue weighted by Crippen LogP contribution is -2.50. The minimum atomic E-state index is -0.835. The van der Waals surface area contributed by atoms with Crippen molar-refractivity contribution >= 4 is 29.5 Å². The average molecular weight is 430 g/mol. The topological polar surface area (TPSA) is 194 Å². The van der Waals surface area contributed by atoms with Gasteiger partial charge in [0.25, 0.3) is 0 Å². The highest BCUT2D eigenvalue weighted by atomic mass is 16.2. The number of carbonyl (C=O) groups is 5. The van der Waals surface area contributed by atoms with Crippen molar-refractivity contribution in [1.82, 2.24) is 20.4 Å². The minimum absolute atomic E-state index is 0.0832. The molecule has 0 bridgehead atoms. The van der Waals surface area contributed by atoms with E-state index in [0.29, 0.717) is 25.8 Å². The van der Waals surface area contributed by atoms with Crippen LogP contribution in [0.3, 0.4) is 0 Å². The normalized spacial score (nSPS) is 11.3. The van der Waals surface area contributed by atoms with Gasteiger partial charge in [-0.25, -0.2) is 0 Å². The highest BCUT2D eigenvalue weighted by molar-refractivity contribution is 5.89. The molecule has 0 fully saturated rings. The minimum Gasteiger partial charge on any atom is -0.368 e. The summed E-state index contributed by atoms with van der Waals surface area (Å²) in [5.41, 5.74) is 16.1. The summed E-state index contributed by atoms with van der Waals surface area (Å²) in [6.45, 7) is 3.35. The van der Waals surface area contributed by atoms with E-state index in [0.717, 1.165) is 0 Å². The predicted molar refractivity (Wildman–Crippen MR) is 111 cm³/mol. The molecule has 0 radical (unpaired) electrons. The third kappa shape index (κ3) is 12.0. The Balaban J connectivity index is 4.56. The van der Waals surface area contributed by atoms with Gasteiger partial charge in [-0.05, 0) is 25.8 Å². The lowest BCUT2D eigenvalue weighted by Gasteiger charge is -2.23. The molecule has 1 unspecified atom stereocenters. The maximum Gasteiger partial charge on any atom is 0.240 e. The highest BCUT2D eigenvalue weighted by Crippen LogP contribution is 2.00. The van der Waals surface area contributed by atoms with Crippen LogP contribution in [0.25, 0.3) is 0 Å². The molecule has 0 heterocycles. The molecule has 8 N–H and O–H groups in total. The van der Waals surface area contributed by atoms with Crippen LogP contribution in [-0.2, 0) is 24.0 Å². The first-order valence-corrected chi connectivity index (χ1v) is 9.88. The van der Waals surface area contributed by atoms with E-state index in [1.807, 2.05) is 0 Å². The fourth-order valence-electron chi connectivity index (χ4n) is 2.60. The van der Waals surface area contributed by atoms with Crippen LogP contribution in [0.15, 0.2) is 0 Å². The van der Waals surface area contributed by atoms with Crippen LogP contribution in [-0.4, -0.2) is 91.2 Å². The van der Waals surface area contributed by atoms with E-state index in [1.165, 1.54) is 23.6 Å². The SMILES string of the molecule is CC(=O)N(CCN)CC(=O)NCCN(CC(=O)NC(CCCCN)C(N)=O)C(C)=O. The largest absolute Gasteiger partial charge is 0.368 e. The molecule has 0 saturated heterocycles. The third-order valence-corrected chi connectivity index (χ3v) is 4.29. The quantitative estimate of drug-likeness (QED) is 0.170. The molecule has 0 aliphatic carbocycles. The van der Waals surface area contributed by atoms with Gasteiger partial charge in [-0.1, -0.05) is 0 Å². The second-order valence-corrected chi connectivity index (χ2v) is 6.83. The molecule has 0 aliphatic heterocycles. The van der Waals surface area contributed by atoms with E-state index in [9.17, 15) is 24.0 Å². The number of rotatable bonds is 15. The monoisotopic (exact) mass is 429 g/mol. The van der Waals surface area contributed by atoms with E-state index in [2.05, 4.69) is 10.6 Å². The summed E-state index contributed by atoms with van der Waals surface area (Å²) in [7, 11) is 0. The van der Waals surface area contributed by atoms with Gasteiger partial charge in [0.15, 0.2) is 0 Å². The molecule has 5 amide bonds. The van der Waals surface area contributed by atoms with Crippen molar-refractivity contribution in [3.63, 3.8) is 0 Å².